The topological polar surface area (TPSA) is 0 Å². The van der Waals surface area contributed by atoms with Crippen LogP contribution >= 0.6 is 0 Å². The van der Waals surface area contributed by atoms with Gasteiger partial charge in [-0.25, -0.2) is 0 Å². The molecular weight excluding hydrogens is 144 g/mol. The van der Waals surface area contributed by atoms with Gasteiger partial charge in [0.25, 0.3) is 0 Å². The molecule has 0 aliphatic carbocycles. The van der Waals surface area contributed by atoms with E-state index in [1.54, 1.807) is 0 Å². The first kappa shape index (κ1) is 8.62. The standard InChI is InChI=1S/C12H12/c1-3-5-8-12-10-7-6-9-11(12)4-2/h2-3,6-7,9-10H,1,5,8H2. The zero-order valence-corrected chi connectivity index (χ0v) is 7.09. The van der Waals surface area contributed by atoms with Gasteiger partial charge in [-0.3, -0.25) is 0 Å². The Morgan fingerprint density at radius 2 is 2.17 bits per heavy atom. The van der Waals surface area contributed by atoms with Crippen molar-refractivity contribution in [3.63, 3.8) is 0 Å². The van der Waals surface area contributed by atoms with E-state index in [2.05, 4.69) is 18.6 Å². The van der Waals surface area contributed by atoms with Gasteiger partial charge in [0.05, 0.1) is 0 Å². The zero-order valence-electron chi connectivity index (χ0n) is 7.09. The first-order chi connectivity index (χ1) is 5.88. The normalized spacial score (nSPS) is 8.92. The first-order valence-corrected chi connectivity index (χ1v) is 4.04. The average Bonchev–Trinajstić information content (AvgIpc) is 2.15. The van der Waals surface area contributed by atoms with E-state index in [-0.39, 0.29) is 0 Å². The minimum atomic E-state index is 0.985. The van der Waals surface area contributed by atoms with Crippen LogP contribution in [0.3, 0.4) is 0 Å². The summed E-state index contributed by atoms with van der Waals surface area (Å²) in [6.45, 7) is 3.68. The molecule has 1 rings (SSSR count). The molecular formula is C12H12. The Labute approximate surface area is 73.9 Å². The summed E-state index contributed by atoms with van der Waals surface area (Å²) in [5, 5.41) is 0. The van der Waals surface area contributed by atoms with Crippen LogP contribution in [0.1, 0.15) is 17.5 Å². The van der Waals surface area contributed by atoms with Crippen LogP contribution in [0.15, 0.2) is 36.9 Å². The maximum absolute atomic E-state index is 5.35. The molecule has 12 heavy (non-hydrogen) atoms. The van der Waals surface area contributed by atoms with Gasteiger partial charge in [-0.2, -0.15) is 0 Å². The lowest BCUT2D eigenvalue weighted by Gasteiger charge is -2.00. The molecule has 0 atom stereocenters. The van der Waals surface area contributed by atoms with Crippen LogP contribution in [0.5, 0.6) is 0 Å². The molecule has 0 heterocycles. The van der Waals surface area contributed by atoms with Crippen molar-refractivity contribution in [3.8, 4) is 12.3 Å². The maximum atomic E-state index is 5.35. The molecule has 0 radical (unpaired) electrons. The SMILES string of the molecule is C#Cc1ccccc1CCC=C. The lowest BCUT2D eigenvalue weighted by atomic mass is 10.0. The molecule has 0 N–H and O–H groups in total. The predicted molar refractivity (Wildman–Crippen MR) is 52.9 cm³/mol. The number of hydrogen-bond acceptors (Lipinski definition) is 0. The highest BCUT2D eigenvalue weighted by molar-refractivity contribution is 5.39. The van der Waals surface area contributed by atoms with E-state index in [9.17, 15) is 0 Å². The summed E-state index contributed by atoms with van der Waals surface area (Å²) in [6.07, 6.45) is 9.23. The summed E-state index contributed by atoms with van der Waals surface area (Å²) in [4.78, 5) is 0. The Hall–Kier alpha value is -1.48. The van der Waals surface area contributed by atoms with Gasteiger partial charge < -0.3 is 0 Å². The smallest absolute Gasteiger partial charge is 0.0274 e. The maximum Gasteiger partial charge on any atom is 0.0274 e. The minimum Gasteiger partial charge on any atom is -0.115 e. The summed E-state index contributed by atoms with van der Waals surface area (Å²) in [5.74, 6) is 2.67. The number of hydrogen-bond donors (Lipinski definition) is 0. The number of terminal acetylenes is 1. The van der Waals surface area contributed by atoms with Gasteiger partial charge in [0.2, 0.25) is 0 Å². The molecule has 0 aromatic heterocycles. The molecule has 0 spiro atoms. The van der Waals surface area contributed by atoms with Crippen molar-refractivity contribution < 1.29 is 0 Å². The summed E-state index contributed by atoms with van der Waals surface area (Å²) in [7, 11) is 0. The van der Waals surface area contributed by atoms with E-state index in [1.807, 2.05) is 24.3 Å². The van der Waals surface area contributed by atoms with Crippen molar-refractivity contribution in [3.05, 3.63) is 48.0 Å². The molecule has 1 aromatic carbocycles. The Morgan fingerprint density at radius 1 is 1.42 bits per heavy atom. The van der Waals surface area contributed by atoms with Crippen molar-refractivity contribution in [2.24, 2.45) is 0 Å². The van der Waals surface area contributed by atoms with Gasteiger partial charge in [-0.05, 0) is 24.5 Å². The Balaban J connectivity index is 2.83. The molecule has 0 nitrogen and oxygen atoms in total. The third kappa shape index (κ3) is 2.00. The lowest BCUT2D eigenvalue weighted by molar-refractivity contribution is 1.000. The molecule has 1 aromatic rings. The molecule has 0 heteroatoms. The summed E-state index contributed by atoms with van der Waals surface area (Å²) >= 11 is 0. The second kappa shape index (κ2) is 4.41. The number of aryl methyl sites for hydroxylation is 1. The molecule has 0 amide bonds. The Kier molecular flexibility index (Phi) is 3.17. The van der Waals surface area contributed by atoms with Crippen molar-refractivity contribution in [1.29, 1.82) is 0 Å². The Bertz CT molecular complexity index is 302. The quantitative estimate of drug-likeness (QED) is 0.466. The van der Waals surface area contributed by atoms with Crippen molar-refractivity contribution in [1.82, 2.24) is 0 Å². The Morgan fingerprint density at radius 3 is 2.83 bits per heavy atom. The molecule has 0 saturated carbocycles. The molecule has 60 valence electrons. The third-order valence-corrected chi connectivity index (χ3v) is 1.79. The fourth-order valence-corrected chi connectivity index (χ4v) is 1.14. The van der Waals surface area contributed by atoms with Gasteiger partial charge in [-0.15, -0.1) is 13.0 Å². The highest BCUT2D eigenvalue weighted by Gasteiger charge is 1.95. The molecule has 0 aliphatic rings. The van der Waals surface area contributed by atoms with Gasteiger partial charge in [0, 0.05) is 5.56 Å². The van der Waals surface area contributed by atoms with E-state index in [1.165, 1.54) is 5.56 Å². The highest BCUT2D eigenvalue weighted by atomic mass is 14.0. The van der Waals surface area contributed by atoms with Crippen LogP contribution in [-0.2, 0) is 6.42 Å². The summed E-state index contributed by atoms with van der Waals surface area (Å²) in [6, 6.07) is 8.02. The van der Waals surface area contributed by atoms with Crippen LogP contribution in [0, 0.1) is 12.3 Å². The molecule has 0 unspecified atom stereocenters. The van der Waals surface area contributed by atoms with Crippen molar-refractivity contribution in [2.45, 2.75) is 12.8 Å². The monoisotopic (exact) mass is 156 g/mol. The van der Waals surface area contributed by atoms with E-state index in [0.29, 0.717) is 0 Å². The summed E-state index contributed by atoms with van der Waals surface area (Å²) < 4.78 is 0. The van der Waals surface area contributed by atoms with E-state index < -0.39 is 0 Å². The number of rotatable bonds is 3. The van der Waals surface area contributed by atoms with Gasteiger partial charge in [0.15, 0.2) is 0 Å². The number of allylic oxidation sites excluding steroid dienone is 1. The average molecular weight is 156 g/mol. The van der Waals surface area contributed by atoms with E-state index in [4.69, 9.17) is 6.42 Å². The summed E-state index contributed by atoms with van der Waals surface area (Å²) in [5.41, 5.74) is 2.24. The van der Waals surface area contributed by atoms with Gasteiger partial charge in [-0.1, -0.05) is 30.2 Å². The van der Waals surface area contributed by atoms with E-state index >= 15 is 0 Å². The van der Waals surface area contributed by atoms with Crippen LogP contribution in [0.2, 0.25) is 0 Å². The second-order valence-electron chi connectivity index (χ2n) is 2.63. The highest BCUT2D eigenvalue weighted by Crippen LogP contribution is 2.09. The fourth-order valence-electron chi connectivity index (χ4n) is 1.14. The fraction of sp³-hybridized carbons (Fsp3) is 0.167. The van der Waals surface area contributed by atoms with Crippen molar-refractivity contribution >= 4 is 0 Å². The third-order valence-electron chi connectivity index (χ3n) is 1.79. The lowest BCUT2D eigenvalue weighted by Crippen LogP contribution is -1.87. The molecule has 0 aliphatic heterocycles. The van der Waals surface area contributed by atoms with Crippen molar-refractivity contribution in [2.75, 3.05) is 0 Å². The van der Waals surface area contributed by atoms with E-state index in [0.717, 1.165) is 18.4 Å². The van der Waals surface area contributed by atoms with Crippen LogP contribution < -0.4 is 0 Å². The molecule has 0 fully saturated rings. The zero-order chi connectivity index (χ0) is 8.81. The van der Waals surface area contributed by atoms with Gasteiger partial charge in [0.1, 0.15) is 0 Å². The largest absolute Gasteiger partial charge is 0.115 e. The number of benzene rings is 1. The van der Waals surface area contributed by atoms with Gasteiger partial charge >= 0.3 is 0 Å². The molecule has 0 bridgehead atoms. The first-order valence-electron chi connectivity index (χ1n) is 4.04. The minimum absolute atomic E-state index is 0.985. The molecule has 0 saturated heterocycles. The van der Waals surface area contributed by atoms with Crippen LogP contribution in [-0.4, -0.2) is 0 Å². The second-order valence-corrected chi connectivity index (χ2v) is 2.63. The van der Waals surface area contributed by atoms with Crippen LogP contribution in [0.4, 0.5) is 0 Å². The van der Waals surface area contributed by atoms with Crippen LogP contribution in [0.25, 0.3) is 0 Å². The predicted octanol–water partition coefficient (Wildman–Crippen LogP) is 2.79.